The Bertz CT molecular complexity index is 3530. The minimum absolute atomic E-state index is 0.0385. The molecular formula is C68H60N2O2. The zero-order valence-corrected chi connectivity index (χ0v) is 42.6. The fourth-order valence-electron chi connectivity index (χ4n) is 11.1. The standard InChI is InChI=1S/C68H60N2O2/c1-42-31-43(2)34-51(33-42)66-60-27-17-15-25-58(60)62(40-69-66)56-23-13-11-21-54(56)49-37-48(53-20-10-9-19-47(53)29-30-64(72)65(46(5)71)68(6,7)8)38-50(39-49)55-22-12-14-24-57(55)63-41-70-67(61-28-18-16-26-59(61)63)52-35-44(3)32-45(4)36-52/h9-28,31-41,71H,29-30H2,1-8H3/b65-46+. The minimum atomic E-state index is -0.485. The molecule has 72 heavy (non-hydrogen) atoms. The minimum Gasteiger partial charge on any atom is -0.512 e. The molecule has 0 spiro atoms. The maximum Gasteiger partial charge on any atom is 0.163 e. The first-order valence-electron chi connectivity index (χ1n) is 25.0. The van der Waals surface area contributed by atoms with E-state index < -0.39 is 5.41 Å². The van der Waals surface area contributed by atoms with E-state index in [0.717, 1.165) is 105 Å². The molecule has 0 amide bonds. The summed E-state index contributed by atoms with van der Waals surface area (Å²) in [6.45, 7) is 16.1. The van der Waals surface area contributed by atoms with Crippen molar-refractivity contribution in [3.05, 3.63) is 227 Å². The maximum atomic E-state index is 13.9. The second-order valence-electron chi connectivity index (χ2n) is 20.6. The number of pyridine rings is 2. The Morgan fingerprint density at radius 3 is 1.21 bits per heavy atom. The van der Waals surface area contributed by atoms with E-state index in [1.54, 1.807) is 6.92 Å². The molecule has 0 fully saturated rings. The average Bonchev–Trinajstić information content (AvgIpc) is 3.36. The molecule has 0 saturated heterocycles. The van der Waals surface area contributed by atoms with Crippen molar-refractivity contribution in [2.75, 3.05) is 0 Å². The van der Waals surface area contributed by atoms with E-state index in [2.05, 4.69) is 216 Å². The first kappa shape index (κ1) is 47.5. The van der Waals surface area contributed by atoms with Gasteiger partial charge in [-0.1, -0.05) is 176 Å². The number of Topliss-reactive ketones (excluding diaryl/α,β-unsaturated/α-hetero) is 1. The lowest BCUT2D eigenvalue weighted by Gasteiger charge is -2.23. The summed E-state index contributed by atoms with van der Waals surface area (Å²) in [6, 6.07) is 63.3. The van der Waals surface area contributed by atoms with Crippen LogP contribution in [0.2, 0.25) is 0 Å². The molecule has 8 aromatic carbocycles. The highest BCUT2D eigenvalue weighted by molar-refractivity contribution is 6.08. The third kappa shape index (κ3) is 9.41. The number of hydrogen-bond donors (Lipinski definition) is 1. The van der Waals surface area contributed by atoms with Gasteiger partial charge in [-0.3, -0.25) is 14.8 Å². The van der Waals surface area contributed by atoms with E-state index in [-0.39, 0.29) is 18.0 Å². The number of aryl methyl sites for hydroxylation is 5. The van der Waals surface area contributed by atoms with Crippen molar-refractivity contribution >= 4 is 27.3 Å². The molecule has 0 saturated carbocycles. The van der Waals surface area contributed by atoms with Gasteiger partial charge in [0, 0.05) is 57.4 Å². The van der Waals surface area contributed by atoms with Gasteiger partial charge in [0.1, 0.15) is 0 Å². The maximum absolute atomic E-state index is 13.9. The third-order valence-electron chi connectivity index (χ3n) is 13.9. The van der Waals surface area contributed by atoms with E-state index in [9.17, 15) is 9.90 Å². The van der Waals surface area contributed by atoms with Crippen LogP contribution in [0.15, 0.2) is 200 Å². The second-order valence-corrected chi connectivity index (χ2v) is 20.6. The van der Waals surface area contributed by atoms with Crippen molar-refractivity contribution in [2.24, 2.45) is 5.41 Å². The predicted molar refractivity (Wildman–Crippen MR) is 302 cm³/mol. The first-order valence-corrected chi connectivity index (χ1v) is 25.0. The molecule has 10 aromatic rings. The topological polar surface area (TPSA) is 63.1 Å². The Morgan fingerprint density at radius 1 is 0.431 bits per heavy atom. The monoisotopic (exact) mass is 936 g/mol. The Labute approximate surface area is 424 Å². The number of fused-ring (bicyclic) bond motifs is 2. The van der Waals surface area contributed by atoms with E-state index >= 15 is 0 Å². The van der Waals surface area contributed by atoms with Gasteiger partial charge >= 0.3 is 0 Å². The molecule has 0 unspecified atom stereocenters. The van der Waals surface area contributed by atoms with Gasteiger partial charge in [-0.05, 0) is 150 Å². The van der Waals surface area contributed by atoms with Gasteiger partial charge in [-0.25, -0.2) is 0 Å². The lowest BCUT2D eigenvalue weighted by Crippen LogP contribution is -2.20. The van der Waals surface area contributed by atoms with Gasteiger partial charge in [0.05, 0.1) is 17.1 Å². The van der Waals surface area contributed by atoms with Gasteiger partial charge in [-0.2, -0.15) is 0 Å². The lowest BCUT2D eigenvalue weighted by atomic mass is 9.81. The molecule has 0 aliphatic heterocycles. The zero-order valence-electron chi connectivity index (χ0n) is 42.6. The van der Waals surface area contributed by atoms with Crippen LogP contribution in [0.1, 0.15) is 61.9 Å². The molecule has 0 bridgehead atoms. The van der Waals surface area contributed by atoms with Crippen molar-refractivity contribution in [3.63, 3.8) is 0 Å². The summed E-state index contributed by atoms with van der Waals surface area (Å²) < 4.78 is 0. The Kier molecular flexibility index (Phi) is 12.9. The highest BCUT2D eigenvalue weighted by Crippen LogP contribution is 2.45. The van der Waals surface area contributed by atoms with Crippen LogP contribution in [-0.2, 0) is 11.2 Å². The number of rotatable bonds is 11. The number of carbonyl (C=O) groups excluding carboxylic acids is 1. The fraction of sp³-hybridized carbons (Fsp3) is 0.162. The average molecular weight is 937 g/mol. The van der Waals surface area contributed by atoms with Crippen LogP contribution in [0.5, 0.6) is 0 Å². The highest BCUT2D eigenvalue weighted by Gasteiger charge is 2.27. The summed E-state index contributed by atoms with van der Waals surface area (Å²) in [7, 11) is 0. The van der Waals surface area contributed by atoms with Gasteiger partial charge < -0.3 is 5.11 Å². The summed E-state index contributed by atoms with van der Waals surface area (Å²) in [4.78, 5) is 24.4. The largest absolute Gasteiger partial charge is 0.512 e. The fourth-order valence-corrected chi connectivity index (χ4v) is 11.1. The SMILES string of the molecule is C/C(O)=C(/C(=O)CCc1ccccc1-c1cc(-c2ccccc2-c2cnc(-c3cc(C)cc(C)c3)c3ccccc23)cc(-c2ccccc2-c2cnc(-c3cc(C)cc(C)c3)c3ccccc23)c1)C(C)(C)C. The van der Waals surface area contributed by atoms with Gasteiger partial charge in [0.2, 0.25) is 0 Å². The lowest BCUT2D eigenvalue weighted by molar-refractivity contribution is -0.116. The molecule has 0 aliphatic carbocycles. The number of benzene rings is 8. The summed E-state index contributed by atoms with van der Waals surface area (Å²) in [5, 5.41) is 15.2. The molecule has 4 nitrogen and oxygen atoms in total. The molecule has 1 N–H and O–H groups in total. The van der Waals surface area contributed by atoms with Gasteiger partial charge in [0.15, 0.2) is 5.78 Å². The molecular weight excluding hydrogens is 877 g/mol. The third-order valence-corrected chi connectivity index (χ3v) is 13.9. The number of nitrogens with zero attached hydrogens (tertiary/aromatic N) is 2. The van der Waals surface area contributed by atoms with Crippen LogP contribution in [0.3, 0.4) is 0 Å². The Hall–Kier alpha value is -8.21. The molecule has 0 aliphatic rings. The molecule has 0 radical (unpaired) electrons. The number of ketones is 1. The molecule has 4 heteroatoms. The molecule has 10 rings (SSSR count). The predicted octanol–water partition coefficient (Wildman–Crippen LogP) is 18.1. The smallest absolute Gasteiger partial charge is 0.163 e. The van der Waals surface area contributed by atoms with Crippen molar-refractivity contribution in [3.8, 4) is 78.1 Å². The zero-order chi connectivity index (χ0) is 50.3. The molecule has 2 heterocycles. The molecule has 0 atom stereocenters. The summed E-state index contributed by atoms with van der Waals surface area (Å²) in [6.07, 6.45) is 4.89. The number of aliphatic hydroxyl groups is 1. The van der Waals surface area contributed by atoms with Crippen LogP contribution in [-0.4, -0.2) is 20.9 Å². The summed E-state index contributed by atoms with van der Waals surface area (Å²) >= 11 is 0. The van der Waals surface area contributed by atoms with E-state index in [4.69, 9.17) is 9.97 Å². The van der Waals surface area contributed by atoms with Crippen LogP contribution in [0, 0.1) is 33.1 Å². The summed E-state index contributed by atoms with van der Waals surface area (Å²) in [5.41, 5.74) is 20.7. The van der Waals surface area contributed by atoms with Crippen molar-refractivity contribution in [1.29, 1.82) is 0 Å². The Balaban J connectivity index is 1.17. The van der Waals surface area contributed by atoms with Crippen molar-refractivity contribution in [1.82, 2.24) is 9.97 Å². The van der Waals surface area contributed by atoms with Crippen LogP contribution >= 0.6 is 0 Å². The highest BCUT2D eigenvalue weighted by atomic mass is 16.3. The normalized spacial score (nSPS) is 12.1. The number of aromatic nitrogens is 2. The van der Waals surface area contributed by atoms with Gasteiger partial charge in [-0.15, -0.1) is 0 Å². The van der Waals surface area contributed by atoms with Crippen molar-refractivity contribution in [2.45, 2.75) is 68.2 Å². The Morgan fingerprint density at radius 2 is 0.792 bits per heavy atom. The second kappa shape index (κ2) is 19.5. The summed E-state index contributed by atoms with van der Waals surface area (Å²) in [5.74, 6) is 0.0459. The molecule has 2 aromatic heterocycles. The van der Waals surface area contributed by atoms with Crippen LogP contribution < -0.4 is 0 Å². The van der Waals surface area contributed by atoms with E-state index in [1.807, 2.05) is 20.8 Å². The van der Waals surface area contributed by atoms with Crippen LogP contribution in [0.25, 0.3) is 99.7 Å². The first-order chi connectivity index (χ1) is 34.7. The molecule has 354 valence electrons. The van der Waals surface area contributed by atoms with Crippen LogP contribution in [0.4, 0.5) is 0 Å². The van der Waals surface area contributed by atoms with E-state index in [1.165, 1.54) is 22.3 Å². The number of hydrogen-bond acceptors (Lipinski definition) is 4. The van der Waals surface area contributed by atoms with Crippen molar-refractivity contribution < 1.29 is 9.90 Å². The van der Waals surface area contributed by atoms with Gasteiger partial charge in [0.25, 0.3) is 0 Å². The number of carbonyl (C=O) groups is 1. The number of aliphatic hydroxyl groups excluding tert-OH is 1. The van der Waals surface area contributed by atoms with E-state index in [0.29, 0.717) is 12.0 Å². The number of allylic oxidation sites excluding steroid dienone is 2. The quantitative estimate of drug-likeness (QED) is 0.104.